The predicted molar refractivity (Wildman–Crippen MR) is 57.5 cm³/mol. The van der Waals surface area contributed by atoms with Crippen molar-refractivity contribution in [3.05, 3.63) is 0 Å². The molecule has 1 heterocycles. The van der Waals surface area contributed by atoms with E-state index in [0.717, 1.165) is 12.8 Å². The molecule has 0 radical (unpaired) electrons. The van der Waals surface area contributed by atoms with E-state index in [2.05, 4.69) is 0 Å². The van der Waals surface area contributed by atoms with Gasteiger partial charge in [-0.25, -0.2) is 0 Å². The maximum atomic E-state index is 12.1. The Kier molecular flexibility index (Phi) is 3.96. The smallest absolute Gasteiger partial charge is 0.323 e. The molecule has 1 saturated carbocycles. The molecule has 1 aliphatic heterocycles. The lowest BCUT2D eigenvalue weighted by molar-refractivity contribution is -0.161. The lowest BCUT2D eigenvalue weighted by Crippen LogP contribution is -2.47. The summed E-state index contributed by atoms with van der Waals surface area (Å²) in [5.41, 5.74) is 0. The van der Waals surface area contributed by atoms with Crippen molar-refractivity contribution < 1.29 is 24.2 Å². The molecule has 0 aromatic carbocycles. The van der Waals surface area contributed by atoms with Crippen molar-refractivity contribution in [2.24, 2.45) is 5.92 Å². The highest BCUT2D eigenvalue weighted by Crippen LogP contribution is 2.30. The predicted octanol–water partition coefficient (Wildman–Crippen LogP) is -0.275. The number of amides is 1. The Morgan fingerprint density at radius 2 is 2.06 bits per heavy atom. The molecule has 1 N–H and O–H groups in total. The van der Waals surface area contributed by atoms with Gasteiger partial charge in [-0.3, -0.25) is 9.59 Å². The van der Waals surface area contributed by atoms with Crippen molar-refractivity contribution in [3.8, 4) is 0 Å². The fourth-order valence-corrected chi connectivity index (χ4v) is 1.84. The van der Waals surface area contributed by atoms with Gasteiger partial charge in [0.1, 0.15) is 6.54 Å². The topological polar surface area (TPSA) is 76.1 Å². The van der Waals surface area contributed by atoms with Crippen molar-refractivity contribution in [2.75, 3.05) is 32.9 Å². The van der Waals surface area contributed by atoms with E-state index in [1.807, 2.05) is 0 Å². The van der Waals surface area contributed by atoms with Crippen molar-refractivity contribution >= 4 is 11.9 Å². The number of nitrogens with zero attached hydrogens (tertiary/aromatic N) is 1. The van der Waals surface area contributed by atoms with Gasteiger partial charge in [-0.05, 0) is 18.8 Å². The molecule has 1 amide bonds. The van der Waals surface area contributed by atoms with Gasteiger partial charge in [0.05, 0.1) is 19.8 Å². The standard InChI is InChI=1S/C11H17NO5/c13-10(14)6-12(5-8-1-2-8)11(15)9-7-16-3-4-17-9/h8-9H,1-7H2,(H,13,14). The van der Waals surface area contributed by atoms with E-state index in [4.69, 9.17) is 14.6 Å². The Labute approximate surface area is 99.5 Å². The number of carboxylic acid groups (broad SMARTS) is 1. The lowest BCUT2D eigenvalue weighted by atomic mass is 10.2. The van der Waals surface area contributed by atoms with Crippen LogP contribution < -0.4 is 0 Å². The molecule has 6 nitrogen and oxygen atoms in total. The average molecular weight is 243 g/mol. The number of aliphatic carboxylic acids is 1. The van der Waals surface area contributed by atoms with Gasteiger partial charge in [0, 0.05) is 6.54 Å². The summed E-state index contributed by atoms with van der Waals surface area (Å²) in [5, 5.41) is 8.80. The van der Waals surface area contributed by atoms with Gasteiger partial charge in [0.2, 0.25) is 0 Å². The molecule has 1 unspecified atom stereocenters. The third-order valence-corrected chi connectivity index (χ3v) is 2.90. The number of hydrogen-bond donors (Lipinski definition) is 1. The molecule has 1 saturated heterocycles. The van der Waals surface area contributed by atoms with Gasteiger partial charge in [-0.15, -0.1) is 0 Å². The summed E-state index contributed by atoms with van der Waals surface area (Å²) in [6.07, 6.45) is 1.51. The first-order valence-corrected chi connectivity index (χ1v) is 5.86. The van der Waals surface area contributed by atoms with Crippen LogP contribution in [0.15, 0.2) is 0 Å². The first kappa shape index (κ1) is 12.3. The molecule has 2 rings (SSSR count). The van der Waals surface area contributed by atoms with Crippen LogP contribution in [0.3, 0.4) is 0 Å². The number of hydrogen-bond acceptors (Lipinski definition) is 4. The van der Waals surface area contributed by atoms with Gasteiger partial charge >= 0.3 is 5.97 Å². The van der Waals surface area contributed by atoms with Crippen LogP contribution in [0.4, 0.5) is 0 Å². The molecule has 0 spiro atoms. The van der Waals surface area contributed by atoms with E-state index >= 15 is 0 Å². The second-order valence-corrected chi connectivity index (χ2v) is 4.49. The molecule has 96 valence electrons. The summed E-state index contributed by atoms with van der Waals surface area (Å²) < 4.78 is 10.5. The fourth-order valence-electron chi connectivity index (χ4n) is 1.84. The fraction of sp³-hybridized carbons (Fsp3) is 0.818. The second kappa shape index (κ2) is 5.46. The van der Waals surface area contributed by atoms with Crippen molar-refractivity contribution in [1.29, 1.82) is 0 Å². The zero-order valence-corrected chi connectivity index (χ0v) is 9.63. The summed E-state index contributed by atoms with van der Waals surface area (Å²) in [6, 6.07) is 0. The third-order valence-electron chi connectivity index (χ3n) is 2.90. The van der Waals surface area contributed by atoms with Crippen LogP contribution in [0.1, 0.15) is 12.8 Å². The summed E-state index contributed by atoms with van der Waals surface area (Å²) in [4.78, 5) is 24.2. The van der Waals surface area contributed by atoms with E-state index < -0.39 is 12.1 Å². The van der Waals surface area contributed by atoms with E-state index in [1.54, 1.807) is 0 Å². The minimum atomic E-state index is -0.990. The Balaban J connectivity index is 1.91. The SMILES string of the molecule is O=C(O)CN(CC1CC1)C(=O)C1COCCO1. The zero-order chi connectivity index (χ0) is 12.3. The largest absolute Gasteiger partial charge is 0.480 e. The monoisotopic (exact) mass is 243 g/mol. The normalized spacial score (nSPS) is 24.4. The number of carbonyl (C=O) groups is 2. The summed E-state index contributed by atoms with van der Waals surface area (Å²) in [7, 11) is 0. The number of rotatable bonds is 5. The lowest BCUT2D eigenvalue weighted by Gasteiger charge is -2.28. The van der Waals surface area contributed by atoms with Crippen LogP contribution >= 0.6 is 0 Å². The van der Waals surface area contributed by atoms with Crippen LogP contribution in [0, 0.1) is 5.92 Å². The highest BCUT2D eigenvalue weighted by atomic mass is 16.6. The molecule has 2 aliphatic rings. The minimum Gasteiger partial charge on any atom is -0.480 e. The van der Waals surface area contributed by atoms with Crippen molar-refractivity contribution in [2.45, 2.75) is 18.9 Å². The maximum absolute atomic E-state index is 12.1. The molecule has 2 fully saturated rings. The third kappa shape index (κ3) is 3.67. The first-order valence-electron chi connectivity index (χ1n) is 5.86. The van der Waals surface area contributed by atoms with Crippen LogP contribution in [0.2, 0.25) is 0 Å². The summed E-state index contributed by atoms with van der Waals surface area (Å²) >= 11 is 0. The quantitative estimate of drug-likeness (QED) is 0.719. The highest BCUT2D eigenvalue weighted by Gasteiger charge is 2.32. The Bertz CT molecular complexity index is 296. The van der Waals surface area contributed by atoms with Gasteiger partial charge in [-0.1, -0.05) is 0 Å². The molecule has 0 aromatic heterocycles. The number of carbonyl (C=O) groups excluding carboxylic acids is 1. The summed E-state index contributed by atoms with van der Waals surface area (Å²) in [5.74, 6) is -0.794. The van der Waals surface area contributed by atoms with E-state index in [1.165, 1.54) is 4.90 Å². The van der Waals surface area contributed by atoms with E-state index in [0.29, 0.717) is 25.7 Å². The van der Waals surface area contributed by atoms with Crippen LogP contribution in [-0.4, -0.2) is 60.9 Å². The number of ether oxygens (including phenoxy) is 2. The Hall–Kier alpha value is -1.14. The second-order valence-electron chi connectivity index (χ2n) is 4.49. The van der Waals surface area contributed by atoms with Crippen molar-refractivity contribution in [1.82, 2.24) is 4.90 Å². The molecule has 6 heteroatoms. The molecule has 17 heavy (non-hydrogen) atoms. The van der Waals surface area contributed by atoms with Crippen LogP contribution in [0.25, 0.3) is 0 Å². The summed E-state index contributed by atoms with van der Waals surface area (Å²) in [6.45, 7) is 1.37. The zero-order valence-electron chi connectivity index (χ0n) is 9.63. The van der Waals surface area contributed by atoms with Crippen LogP contribution in [-0.2, 0) is 19.1 Å². The highest BCUT2D eigenvalue weighted by molar-refractivity contribution is 5.84. The van der Waals surface area contributed by atoms with Gasteiger partial charge in [0.25, 0.3) is 5.91 Å². The molecule has 1 aliphatic carbocycles. The number of carboxylic acids is 1. The van der Waals surface area contributed by atoms with Gasteiger partial charge < -0.3 is 19.5 Å². The van der Waals surface area contributed by atoms with Gasteiger partial charge in [0.15, 0.2) is 6.10 Å². The van der Waals surface area contributed by atoms with Crippen molar-refractivity contribution in [3.63, 3.8) is 0 Å². The van der Waals surface area contributed by atoms with Gasteiger partial charge in [-0.2, -0.15) is 0 Å². The van der Waals surface area contributed by atoms with E-state index in [-0.39, 0.29) is 19.1 Å². The maximum Gasteiger partial charge on any atom is 0.323 e. The molecular weight excluding hydrogens is 226 g/mol. The van der Waals surface area contributed by atoms with Crippen LogP contribution in [0.5, 0.6) is 0 Å². The molecular formula is C11H17NO5. The Morgan fingerprint density at radius 3 is 2.59 bits per heavy atom. The molecule has 0 bridgehead atoms. The molecule has 0 aromatic rings. The molecule has 1 atom stereocenters. The first-order chi connectivity index (χ1) is 8.16. The average Bonchev–Trinajstić information content (AvgIpc) is 3.12. The Morgan fingerprint density at radius 1 is 1.29 bits per heavy atom. The minimum absolute atomic E-state index is 0.222. The van der Waals surface area contributed by atoms with E-state index in [9.17, 15) is 9.59 Å².